The molecule has 0 bridgehead atoms. The lowest BCUT2D eigenvalue weighted by Gasteiger charge is -2.24. The molecule has 17 heavy (non-hydrogen) atoms. The van der Waals surface area contributed by atoms with E-state index in [9.17, 15) is 8.42 Å². The number of nitrogens with zero attached hydrogens (tertiary/aromatic N) is 1. The summed E-state index contributed by atoms with van der Waals surface area (Å²) >= 11 is 0. The van der Waals surface area contributed by atoms with Gasteiger partial charge in [0.15, 0.2) is 0 Å². The Morgan fingerprint density at radius 3 is 2.71 bits per heavy atom. The maximum absolute atomic E-state index is 12.1. The van der Waals surface area contributed by atoms with Crippen LogP contribution in [0.5, 0.6) is 0 Å². The Hall–Kier alpha value is -0.910. The lowest BCUT2D eigenvalue weighted by molar-refractivity contribution is 0.390. The van der Waals surface area contributed by atoms with Crippen molar-refractivity contribution in [2.24, 2.45) is 0 Å². The molecule has 2 rings (SSSR count). The van der Waals surface area contributed by atoms with Crippen LogP contribution in [0.3, 0.4) is 0 Å². The quantitative estimate of drug-likeness (QED) is 0.850. The van der Waals surface area contributed by atoms with Gasteiger partial charge in [-0.25, -0.2) is 8.42 Å². The van der Waals surface area contributed by atoms with Gasteiger partial charge >= 0.3 is 0 Å². The highest BCUT2D eigenvalue weighted by Crippen LogP contribution is 2.11. The molecule has 0 aromatic heterocycles. The monoisotopic (exact) mass is 254 g/mol. The van der Waals surface area contributed by atoms with Crippen LogP contribution in [0.25, 0.3) is 0 Å². The van der Waals surface area contributed by atoms with Crippen LogP contribution in [0.15, 0.2) is 30.3 Å². The smallest absolute Gasteiger partial charge is 0.214 e. The number of benzene rings is 1. The van der Waals surface area contributed by atoms with Gasteiger partial charge in [0.1, 0.15) is 0 Å². The summed E-state index contributed by atoms with van der Waals surface area (Å²) in [6.07, 6.45) is 0.688. The molecule has 1 aliphatic heterocycles. The predicted octanol–water partition coefficient (Wildman–Crippen LogP) is 0.812. The molecule has 94 valence electrons. The zero-order valence-electron chi connectivity index (χ0n) is 9.80. The van der Waals surface area contributed by atoms with Crippen molar-refractivity contribution in [3.05, 3.63) is 35.9 Å². The summed E-state index contributed by atoms with van der Waals surface area (Å²) in [5, 5.41) is 3.23. The Labute approximate surface area is 103 Å². The molecule has 0 saturated carbocycles. The molecular formula is C12H18N2O2S. The van der Waals surface area contributed by atoms with E-state index in [1.165, 1.54) is 0 Å². The minimum atomic E-state index is -3.09. The van der Waals surface area contributed by atoms with Crippen LogP contribution in [0.2, 0.25) is 0 Å². The molecule has 1 saturated heterocycles. The molecule has 0 spiro atoms. The van der Waals surface area contributed by atoms with Crippen LogP contribution < -0.4 is 5.32 Å². The fraction of sp³-hybridized carbons (Fsp3) is 0.500. The van der Waals surface area contributed by atoms with Crippen molar-refractivity contribution in [2.75, 3.05) is 25.4 Å². The van der Waals surface area contributed by atoms with Crippen molar-refractivity contribution >= 4 is 10.0 Å². The highest BCUT2D eigenvalue weighted by Gasteiger charge is 2.22. The van der Waals surface area contributed by atoms with Crippen LogP contribution in [0.1, 0.15) is 12.0 Å². The fourth-order valence-electron chi connectivity index (χ4n) is 1.94. The van der Waals surface area contributed by atoms with Gasteiger partial charge in [-0.1, -0.05) is 30.3 Å². The summed E-state index contributed by atoms with van der Waals surface area (Å²) in [4.78, 5) is 0. The first-order valence-corrected chi connectivity index (χ1v) is 7.52. The summed E-state index contributed by atoms with van der Waals surface area (Å²) in [6.45, 7) is 2.55. The first kappa shape index (κ1) is 12.5. The molecule has 1 aromatic carbocycles. The van der Waals surface area contributed by atoms with E-state index in [-0.39, 0.29) is 5.75 Å². The molecule has 0 radical (unpaired) electrons. The minimum absolute atomic E-state index is 0.243. The topological polar surface area (TPSA) is 49.4 Å². The third-order valence-corrected chi connectivity index (χ3v) is 4.79. The highest BCUT2D eigenvalue weighted by atomic mass is 32.2. The number of hydrogen-bond donors (Lipinski definition) is 1. The molecule has 1 aromatic rings. The van der Waals surface area contributed by atoms with Gasteiger partial charge in [0, 0.05) is 19.6 Å². The highest BCUT2D eigenvalue weighted by molar-refractivity contribution is 7.89. The van der Waals surface area contributed by atoms with E-state index in [4.69, 9.17) is 0 Å². The second kappa shape index (κ2) is 5.62. The zero-order chi connectivity index (χ0) is 12.1. The van der Waals surface area contributed by atoms with E-state index in [2.05, 4.69) is 5.32 Å². The molecule has 1 heterocycles. The second-order valence-electron chi connectivity index (χ2n) is 4.24. The lowest BCUT2D eigenvalue weighted by atomic mass is 10.2. The van der Waals surface area contributed by atoms with Crippen LogP contribution in [-0.2, 0) is 16.6 Å². The third kappa shape index (κ3) is 3.52. The Kier molecular flexibility index (Phi) is 4.15. The van der Waals surface area contributed by atoms with Gasteiger partial charge < -0.3 is 5.32 Å². The van der Waals surface area contributed by atoms with Crippen LogP contribution in [0.4, 0.5) is 0 Å². The molecule has 1 N–H and O–H groups in total. The van der Waals surface area contributed by atoms with Gasteiger partial charge in [-0.3, -0.25) is 0 Å². The average molecular weight is 254 g/mol. The van der Waals surface area contributed by atoms with Crippen LogP contribution in [-0.4, -0.2) is 38.1 Å². The molecule has 0 unspecified atom stereocenters. The number of rotatable bonds is 2. The van der Waals surface area contributed by atoms with E-state index in [0.717, 1.165) is 18.7 Å². The van der Waals surface area contributed by atoms with Gasteiger partial charge in [0.2, 0.25) is 10.0 Å². The third-order valence-electron chi connectivity index (χ3n) is 2.89. The van der Waals surface area contributed by atoms with Gasteiger partial charge in [0.05, 0.1) is 5.75 Å². The van der Waals surface area contributed by atoms with Crippen molar-refractivity contribution in [3.8, 4) is 0 Å². The van der Waals surface area contributed by atoms with Crippen molar-refractivity contribution in [3.63, 3.8) is 0 Å². The van der Waals surface area contributed by atoms with Gasteiger partial charge in [-0.05, 0) is 18.5 Å². The van der Waals surface area contributed by atoms with Crippen molar-refractivity contribution < 1.29 is 8.42 Å². The lowest BCUT2D eigenvalue weighted by Crippen LogP contribution is -2.41. The molecule has 0 amide bonds. The number of hydrogen-bond acceptors (Lipinski definition) is 3. The summed E-state index contributed by atoms with van der Waals surface area (Å²) in [7, 11) is -3.09. The zero-order valence-corrected chi connectivity index (χ0v) is 10.6. The van der Waals surface area contributed by atoms with E-state index in [1.54, 1.807) is 4.31 Å². The summed E-state index contributed by atoms with van der Waals surface area (Å²) < 4.78 is 25.7. The SMILES string of the molecule is O=S1(=O)CCCNCCN1Cc1ccccc1. The van der Waals surface area contributed by atoms with E-state index >= 15 is 0 Å². The molecule has 4 nitrogen and oxygen atoms in total. The van der Waals surface area contributed by atoms with Crippen LogP contribution >= 0.6 is 0 Å². The molecule has 0 aliphatic carbocycles. The molecule has 5 heteroatoms. The summed E-state index contributed by atoms with van der Waals surface area (Å²) in [5.74, 6) is 0.243. The standard InChI is InChI=1S/C12H18N2O2S/c15-17(16)10-4-7-13-8-9-14(17)11-12-5-2-1-3-6-12/h1-3,5-6,13H,4,7-11H2. The Morgan fingerprint density at radius 1 is 1.18 bits per heavy atom. The second-order valence-corrected chi connectivity index (χ2v) is 6.33. The summed E-state index contributed by atoms with van der Waals surface area (Å²) in [6, 6.07) is 9.73. The number of sulfonamides is 1. The first-order valence-electron chi connectivity index (χ1n) is 5.91. The maximum Gasteiger partial charge on any atom is 0.214 e. The molecule has 0 atom stereocenters. The average Bonchev–Trinajstić information content (AvgIpc) is 2.31. The molecule has 1 aliphatic rings. The van der Waals surface area contributed by atoms with E-state index < -0.39 is 10.0 Å². The predicted molar refractivity (Wildman–Crippen MR) is 68.1 cm³/mol. The fourth-order valence-corrected chi connectivity index (χ4v) is 3.42. The van der Waals surface area contributed by atoms with Crippen molar-refractivity contribution in [1.29, 1.82) is 0 Å². The Morgan fingerprint density at radius 2 is 1.94 bits per heavy atom. The normalized spacial score (nSPS) is 21.6. The largest absolute Gasteiger partial charge is 0.315 e. The summed E-state index contributed by atoms with van der Waals surface area (Å²) in [5.41, 5.74) is 1.04. The Bertz CT molecular complexity index is 445. The minimum Gasteiger partial charge on any atom is -0.315 e. The van der Waals surface area contributed by atoms with Crippen molar-refractivity contribution in [1.82, 2.24) is 9.62 Å². The van der Waals surface area contributed by atoms with Gasteiger partial charge in [-0.2, -0.15) is 4.31 Å². The first-order chi connectivity index (χ1) is 8.18. The maximum atomic E-state index is 12.1. The van der Waals surface area contributed by atoms with Crippen LogP contribution in [0, 0.1) is 0 Å². The van der Waals surface area contributed by atoms with Gasteiger partial charge in [0.25, 0.3) is 0 Å². The Balaban J connectivity index is 2.11. The van der Waals surface area contributed by atoms with E-state index in [1.807, 2.05) is 30.3 Å². The van der Waals surface area contributed by atoms with Gasteiger partial charge in [-0.15, -0.1) is 0 Å². The molecule has 1 fully saturated rings. The van der Waals surface area contributed by atoms with Crippen molar-refractivity contribution in [2.45, 2.75) is 13.0 Å². The van der Waals surface area contributed by atoms with E-state index in [0.29, 0.717) is 19.5 Å². The number of nitrogens with one attached hydrogen (secondary N) is 1. The molecular weight excluding hydrogens is 236 g/mol.